The quantitative estimate of drug-likeness (QED) is 0.905. The van der Waals surface area contributed by atoms with Gasteiger partial charge in [0, 0.05) is 12.6 Å². The Morgan fingerprint density at radius 1 is 1.38 bits per heavy atom. The Bertz CT molecular complexity index is 673. The Morgan fingerprint density at radius 3 is 2.67 bits per heavy atom. The SMILES string of the molecule is COc1ccc(-c2nnn(C)c2C(=O)O)cc1OC(F)F. The van der Waals surface area contributed by atoms with E-state index in [1.165, 1.54) is 32.4 Å². The van der Waals surface area contributed by atoms with Gasteiger partial charge in [0.05, 0.1) is 7.11 Å². The van der Waals surface area contributed by atoms with E-state index in [9.17, 15) is 13.6 Å². The smallest absolute Gasteiger partial charge is 0.387 e. The molecule has 0 fully saturated rings. The normalized spacial score (nSPS) is 10.7. The minimum absolute atomic E-state index is 0.0479. The lowest BCUT2D eigenvalue weighted by molar-refractivity contribution is -0.0511. The van der Waals surface area contributed by atoms with E-state index in [0.717, 1.165) is 4.68 Å². The first-order valence-corrected chi connectivity index (χ1v) is 5.70. The highest BCUT2D eigenvalue weighted by Gasteiger charge is 2.21. The van der Waals surface area contributed by atoms with Crippen LogP contribution in [-0.4, -0.2) is 39.8 Å². The number of ether oxygens (including phenoxy) is 2. The Balaban J connectivity index is 2.52. The van der Waals surface area contributed by atoms with Crippen LogP contribution < -0.4 is 9.47 Å². The average molecular weight is 299 g/mol. The van der Waals surface area contributed by atoms with Gasteiger partial charge >= 0.3 is 12.6 Å². The van der Waals surface area contributed by atoms with E-state index in [0.29, 0.717) is 0 Å². The topological polar surface area (TPSA) is 86.5 Å². The maximum atomic E-state index is 12.4. The molecule has 0 bridgehead atoms. The maximum Gasteiger partial charge on any atom is 0.387 e. The zero-order valence-corrected chi connectivity index (χ0v) is 11.1. The van der Waals surface area contributed by atoms with Crippen LogP contribution in [0.3, 0.4) is 0 Å². The molecule has 0 aliphatic heterocycles. The molecular formula is C12H11F2N3O4. The van der Waals surface area contributed by atoms with Crippen LogP contribution in [0.25, 0.3) is 11.3 Å². The first-order valence-electron chi connectivity index (χ1n) is 5.70. The van der Waals surface area contributed by atoms with Crippen molar-refractivity contribution < 1.29 is 28.2 Å². The molecule has 0 unspecified atom stereocenters. The molecule has 0 spiro atoms. The molecule has 9 heteroatoms. The highest BCUT2D eigenvalue weighted by atomic mass is 19.3. The van der Waals surface area contributed by atoms with Crippen LogP contribution in [0.4, 0.5) is 8.78 Å². The summed E-state index contributed by atoms with van der Waals surface area (Å²) in [6.45, 7) is -3.03. The van der Waals surface area contributed by atoms with E-state index in [1.54, 1.807) is 0 Å². The van der Waals surface area contributed by atoms with Gasteiger partial charge < -0.3 is 14.6 Å². The molecule has 7 nitrogen and oxygen atoms in total. The third kappa shape index (κ3) is 2.91. The van der Waals surface area contributed by atoms with Gasteiger partial charge in [-0.2, -0.15) is 8.78 Å². The van der Waals surface area contributed by atoms with Crippen LogP contribution in [0.5, 0.6) is 11.5 Å². The molecule has 2 rings (SSSR count). The second-order valence-electron chi connectivity index (χ2n) is 3.96. The van der Waals surface area contributed by atoms with Gasteiger partial charge in [-0.25, -0.2) is 9.48 Å². The van der Waals surface area contributed by atoms with Crippen molar-refractivity contribution in [3.05, 3.63) is 23.9 Å². The zero-order chi connectivity index (χ0) is 15.6. The van der Waals surface area contributed by atoms with Crippen LogP contribution in [0.1, 0.15) is 10.5 Å². The number of alkyl halides is 2. The summed E-state index contributed by atoms with van der Waals surface area (Å²) in [5, 5.41) is 16.5. The largest absolute Gasteiger partial charge is 0.493 e. The molecule has 1 N–H and O–H groups in total. The number of hydrogen-bond donors (Lipinski definition) is 1. The summed E-state index contributed by atoms with van der Waals surface area (Å²) < 4.78 is 35.1. The monoisotopic (exact) mass is 299 g/mol. The van der Waals surface area contributed by atoms with Crippen LogP contribution >= 0.6 is 0 Å². The minimum atomic E-state index is -3.03. The fourth-order valence-corrected chi connectivity index (χ4v) is 1.80. The van der Waals surface area contributed by atoms with Crippen molar-refractivity contribution in [2.45, 2.75) is 6.61 Å². The molecular weight excluding hydrogens is 288 g/mol. The molecule has 1 aromatic heterocycles. The Morgan fingerprint density at radius 2 is 2.10 bits per heavy atom. The number of aryl methyl sites for hydroxylation is 1. The highest BCUT2D eigenvalue weighted by Crippen LogP contribution is 2.33. The predicted molar refractivity (Wildman–Crippen MR) is 66.6 cm³/mol. The van der Waals surface area contributed by atoms with Crippen molar-refractivity contribution in [1.29, 1.82) is 0 Å². The molecule has 0 saturated heterocycles. The summed E-state index contributed by atoms with van der Waals surface area (Å²) >= 11 is 0. The van der Waals surface area contributed by atoms with Crippen molar-refractivity contribution in [2.75, 3.05) is 7.11 Å². The summed E-state index contributed by atoms with van der Waals surface area (Å²) in [6, 6.07) is 4.09. The Hall–Kier alpha value is -2.71. The van der Waals surface area contributed by atoms with Gasteiger partial charge in [-0.3, -0.25) is 0 Å². The predicted octanol–water partition coefficient (Wildman–Crippen LogP) is 1.79. The lowest BCUT2D eigenvalue weighted by Crippen LogP contribution is -2.07. The van der Waals surface area contributed by atoms with Crippen LogP contribution in [0.15, 0.2) is 18.2 Å². The molecule has 1 aromatic carbocycles. The van der Waals surface area contributed by atoms with Crippen molar-refractivity contribution in [3.63, 3.8) is 0 Å². The number of carboxylic acid groups (broad SMARTS) is 1. The van der Waals surface area contributed by atoms with Gasteiger partial charge in [0.1, 0.15) is 5.69 Å². The number of carboxylic acids is 1. The number of halogens is 2. The van der Waals surface area contributed by atoms with Gasteiger partial charge in [0.15, 0.2) is 17.2 Å². The zero-order valence-electron chi connectivity index (χ0n) is 11.1. The molecule has 21 heavy (non-hydrogen) atoms. The highest BCUT2D eigenvalue weighted by molar-refractivity contribution is 5.93. The molecule has 1 heterocycles. The molecule has 0 amide bonds. The standard InChI is InChI=1S/C12H11F2N3O4/c1-17-10(11(18)19)9(15-16-17)6-3-4-7(20-2)8(5-6)21-12(13)14/h3-5,12H,1-2H3,(H,18,19). The second-order valence-corrected chi connectivity index (χ2v) is 3.96. The fraction of sp³-hybridized carbons (Fsp3) is 0.250. The summed E-state index contributed by atoms with van der Waals surface area (Å²) in [4.78, 5) is 11.2. The van der Waals surface area contributed by atoms with Crippen LogP contribution in [0.2, 0.25) is 0 Å². The van der Waals surface area contributed by atoms with Gasteiger partial charge in [0.25, 0.3) is 0 Å². The Kier molecular flexibility index (Phi) is 4.01. The van der Waals surface area contributed by atoms with Crippen LogP contribution in [0, 0.1) is 0 Å². The molecule has 0 atom stereocenters. The molecule has 112 valence electrons. The third-order valence-corrected chi connectivity index (χ3v) is 2.68. The van der Waals surface area contributed by atoms with Crippen molar-refractivity contribution in [2.24, 2.45) is 7.05 Å². The van der Waals surface area contributed by atoms with Gasteiger partial charge in [0.2, 0.25) is 0 Å². The van der Waals surface area contributed by atoms with Gasteiger partial charge in [-0.05, 0) is 18.2 Å². The summed E-state index contributed by atoms with van der Waals surface area (Å²) in [6.07, 6.45) is 0. The number of methoxy groups -OCH3 is 1. The van der Waals surface area contributed by atoms with E-state index < -0.39 is 12.6 Å². The second kappa shape index (κ2) is 5.73. The van der Waals surface area contributed by atoms with Crippen molar-refractivity contribution in [1.82, 2.24) is 15.0 Å². The molecule has 0 aliphatic rings. The molecule has 0 saturated carbocycles. The Labute approximate surface area is 117 Å². The number of hydrogen-bond acceptors (Lipinski definition) is 5. The number of carbonyl (C=O) groups is 1. The lowest BCUT2D eigenvalue weighted by Gasteiger charge is -2.11. The lowest BCUT2D eigenvalue weighted by atomic mass is 10.1. The summed E-state index contributed by atoms with van der Waals surface area (Å²) in [5.74, 6) is -1.35. The molecule has 0 aliphatic carbocycles. The number of benzene rings is 1. The van der Waals surface area contributed by atoms with Gasteiger partial charge in [-0.15, -0.1) is 5.10 Å². The van der Waals surface area contributed by atoms with Crippen LogP contribution in [-0.2, 0) is 7.05 Å². The van der Waals surface area contributed by atoms with E-state index in [4.69, 9.17) is 9.84 Å². The average Bonchev–Trinajstić information content (AvgIpc) is 2.80. The van der Waals surface area contributed by atoms with Gasteiger partial charge in [-0.1, -0.05) is 5.21 Å². The fourth-order valence-electron chi connectivity index (χ4n) is 1.80. The number of aromatic nitrogens is 3. The van der Waals surface area contributed by atoms with E-state index in [2.05, 4.69) is 15.0 Å². The van der Waals surface area contributed by atoms with Crippen molar-refractivity contribution in [3.8, 4) is 22.8 Å². The number of rotatable bonds is 5. The molecule has 0 radical (unpaired) electrons. The van der Waals surface area contributed by atoms with E-state index in [1.807, 2.05) is 0 Å². The molecule has 2 aromatic rings. The number of aromatic carboxylic acids is 1. The summed E-state index contributed by atoms with van der Waals surface area (Å²) in [7, 11) is 2.72. The number of nitrogens with zero attached hydrogens (tertiary/aromatic N) is 3. The maximum absolute atomic E-state index is 12.4. The van der Waals surface area contributed by atoms with E-state index >= 15 is 0 Å². The summed E-state index contributed by atoms with van der Waals surface area (Å²) in [5.41, 5.74) is 0.159. The third-order valence-electron chi connectivity index (χ3n) is 2.68. The van der Waals surface area contributed by atoms with E-state index in [-0.39, 0.29) is 28.5 Å². The minimum Gasteiger partial charge on any atom is -0.493 e. The first kappa shape index (κ1) is 14.7. The first-order chi connectivity index (χ1) is 9.93. The van der Waals surface area contributed by atoms with Crippen molar-refractivity contribution >= 4 is 5.97 Å².